The highest BCUT2D eigenvalue weighted by atomic mass is 16.3. The summed E-state index contributed by atoms with van der Waals surface area (Å²) in [7, 11) is 0. The number of furan rings is 1. The molecule has 0 radical (unpaired) electrons. The van der Waals surface area contributed by atoms with Crippen LogP contribution in [0.25, 0.3) is 11.0 Å². The molecule has 100 valence electrons. The molecule has 1 aromatic heterocycles. The summed E-state index contributed by atoms with van der Waals surface area (Å²) < 4.78 is 5.45. The van der Waals surface area contributed by atoms with E-state index in [4.69, 9.17) is 4.42 Å². The molecule has 1 aromatic carbocycles. The van der Waals surface area contributed by atoms with Gasteiger partial charge in [0.2, 0.25) is 5.91 Å². The first-order valence-corrected chi connectivity index (χ1v) is 6.78. The molecule has 2 N–H and O–H groups in total. The fourth-order valence-electron chi connectivity index (χ4n) is 2.59. The monoisotopic (exact) mass is 258 g/mol. The molecule has 3 rings (SSSR count). The molecule has 1 amide bonds. The van der Waals surface area contributed by atoms with Gasteiger partial charge >= 0.3 is 0 Å². The van der Waals surface area contributed by atoms with Gasteiger partial charge in [-0.15, -0.1) is 0 Å². The molecule has 4 nitrogen and oxygen atoms in total. The van der Waals surface area contributed by atoms with Gasteiger partial charge in [-0.1, -0.05) is 18.2 Å². The average molecular weight is 258 g/mol. The van der Waals surface area contributed by atoms with Gasteiger partial charge in [0.05, 0.1) is 12.7 Å². The maximum Gasteiger partial charge on any atom is 0.224 e. The fourth-order valence-corrected chi connectivity index (χ4v) is 2.59. The van der Waals surface area contributed by atoms with Crippen LogP contribution in [0.15, 0.2) is 34.9 Å². The first-order valence-electron chi connectivity index (χ1n) is 6.78. The molecule has 2 aromatic rings. The van der Waals surface area contributed by atoms with Crippen molar-refractivity contribution in [3.63, 3.8) is 0 Å². The van der Waals surface area contributed by atoms with Crippen molar-refractivity contribution in [2.45, 2.75) is 25.3 Å². The number of hydrogen-bond acceptors (Lipinski definition) is 3. The van der Waals surface area contributed by atoms with Gasteiger partial charge in [0.15, 0.2) is 0 Å². The fraction of sp³-hybridized carbons (Fsp3) is 0.400. The Balaban J connectivity index is 1.65. The van der Waals surface area contributed by atoms with Crippen LogP contribution in [0.1, 0.15) is 18.4 Å². The van der Waals surface area contributed by atoms with Gasteiger partial charge in [-0.25, -0.2) is 0 Å². The number of nitrogens with one attached hydrogen (secondary N) is 2. The molecule has 0 saturated carbocycles. The molecule has 2 heterocycles. The molecule has 1 aliphatic rings. The lowest BCUT2D eigenvalue weighted by molar-refractivity contribution is -0.121. The maximum absolute atomic E-state index is 12.0. The Labute approximate surface area is 112 Å². The van der Waals surface area contributed by atoms with Crippen molar-refractivity contribution >= 4 is 16.9 Å². The van der Waals surface area contributed by atoms with Crippen molar-refractivity contribution in [3.05, 3.63) is 36.1 Å². The van der Waals surface area contributed by atoms with E-state index < -0.39 is 0 Å². The van der Waals surface area contributed by atoms with Crippen LogP contribution in [0.4, 0.5) is 0 Å². The van der Waals surface area contributed by atoms with Gasteiger partial charge in [-0.2, -0.15) is 0 Å². The van der Waals surface area contributed by atoms with Crippen molar-refractivity contribution in [2.75, 3.05) is 13.1 Å². The van der Waals surface area contributed by atoms with Crippen molar-refractivity contribution in [3.8, 4) is 0 Å². The second kappa shape index (κ2) is 5.45. The molecule has 4 heteroatoms. The molecule has 0 spiro atoms. The molecule has 0 unspecified atom stereocenters. The number of rotatable bonds is 3. The number of hydrogen-bond donors (Lipinski definition) is 2. The standard InChI is InChI=1S/C15H18N2O2/c18-15(17-12-5-7-16-8-6-12)9-11-10-19-14-4-2-1-3-13(11)14/h1-4,10,12,16H,5-9H2,(H,17,18). The van der Waals surface area contributed by atoms with Crippen LogP contribution in [-0.2, 0) is 11.2 Å². The Kier molecular flexibility index (Phi) is 3.51. The van der Waals surface area contributed by atoms with Crippen LogP contribution >= 0.6 is 0 Å². The molecule has 1 fully saturated rings. The number of piperidine rings is 1. The van der Waals surface area contributed by atoms with Crippen LogP contribution in [0, 0.1) is 0 Å². The third-order valence-corrected chi connectivity index (χ3v) is 3.62. The molecular formula is C15H18N2O2. The summed E-state index contributed by atoms with van der Waals surface area (Å²) >= 11 is 0. The van der Waals surface area contributed by atoms with Crippen LogP contribution in [0.3, 0.4) is 0 Å². The minimum atomic E-state index is 0.0819. The quantitative estimate of drug-likeness (QED) is 0.883. The molecule has 19 heavy (non-hydrogen) atoms. The highest BCUT2D eigenvalue weighted by Gasteiger charge is 2.16. The van der Waals surface area contributed by atoms with Crippen LogP contribution < -0.4 is 10.6 Å². The molecule has 0 bridgehead atoms. The van der Waals surface area contributed by atoms with E-state index in [9.17, 15) is 4.79 Å². The molecular weight excluding hydrogens is 240 g/mol. The van der Waals surface area contributed by atoms with E-state index in [0.29, 0.717) is 12.5 Å². The zero-order valence-electron chi connectivity index (χ0n) is 10.8. The number of carbonyl (C=O) groups is 1. The van der Waals surface area contributed by atoms with E-state index in [1.165, 1.54) is 0 Å². The lowest BCUT2D eigenvalue weighted by Crippen LogP contribution is -2.43. The maximum atomic E-state index is 12.0. The molecule has 1 saturated heterocycles. The second-order valence-corrected chi connectivity index (χ2v) is 5.03. The Morgan fingerprint density at radius 1 is 1.32 bits per heavy atom. The minimum Gasteiger partial charge on any atom is -0.464 e. The van der Waals surface area contributed by atoms with E-state index in [1.807, 2.05) is 24.3 Å². The smallest absolute Gasteiger partial charge is 0.224 e. The van der Waals surface area contributed by atoms with Crippen molar-refractivity contribution in [1.29, 1.82) is 0 Å². The SMILES string of the molecule is O=C(Cc1coc2ccccc12)NC1CCNCC1. The largest absolute Gasteiger partial charge is 0.464 e. The van der Waals surface area contributed by atoms with Crippen molar-refractivity contribution in [1.82, 2.24) is 10.6 Å². The number of benzene rings is 1. The summed E-state index contributed by atoms with van der Waals surface area (Å²) in [6.07, 6.45) is 4.10. The predicted octanol–water partition coefficient (Wildman–Crippen LogP) is 1.84. The first-order chi connectivity index (χ1) is 9.33. The van der Waals surface area contributed by atoms with E-state index in [2.05, 4.69) is 10.6 Å². The summed E-state index contributed by atoms with van der Waals surface area (Å²) in [4.78, 5) is 12.0. The lowest BCUT2D eigenvalue weighted by Gasteiger charge is -2.23. The first kappa shape index (κ1) is 12.2. The Morgan fingerprint density at radius 3 is 2.95 bits per heavy atom. The lowest BCUT2D eigenvalue weighted by atomic mass is 10.1. The summed E-state index contributed by atoms with van der Waals surface area (Å²) in [6, 6.07) is 8.12. The van der Waals surface area contributed by atoms with Gasteiger partial charge in [0.1, 0.15) is 5.58 Å². The minimum absolute atomic E-state index is 0.0819. The molecule has 0 aliphatic carbocycles. The topological polar surface area (TPSA) is 54.3 Å². The average Bonchev–Trinajstić information content (AvgIpc) is 2.83. The summed E-state index contributed by atoms with van der Waals surface area (Å²) in [5, 5.41) is 7.42. The normalized spacial score (nSPS) is 16.6. The second-order valence-electron chi connectivity index (χ2n) is 5.03. The highest BCUT2D eigenvalue weighted by molar-refractivity contribution is 5.87. The van der Waals surface area contributed by atoms with Crippen molar-refractivity contribution in [2.24, 2.45) is 0 Å². The number of fused-ring (bicyclic) bond motifs is 1. The summed E-state index contributed by atoms with van der Waals surface area (Å²) in [5.74, 6) is 0.0819. The predicted molar refractivity (Wildman–Crippen MR) is 74.0 cm³/mol. The van der Waals surface area contributed by atoms with Crippen LogP contribution in [0.5, 0.6) is 0 Å². The van der Waals surface area contributed by atoms with Gasteiger partial charge in [0, 0.05) is 17.0 Å². The van der Waals surface area contributed by atoms with Gasteiger partial charge in [0.25, 0.3) is 0 Å². The van der Waals surface area contributed by atoms with Gasteiger partial charge < -0.3 is 15.1 Å². The van der Waals surface area contributed by atoms with Crippen LogP contribution in [0.2, 0.25) is 0 Å². The number of carbonyl (C=O) groups excluding carboxylic acids is 1. The van der Waals surface area contributed by atoms with Crippen LogP contribution in [-0.4, -0.2) is 25.0 Å². The molecule has 1 aliphatic heterocycles. The number of amides is 1. The Bertz CT molecular complexity index is 570. The van der Waals surface area contributed by atoms with E-state index >= 15 is 0 Å². The zero-order chi connectivity index (χ0) is 13.1. The van der Waals surface area contributed by atoms with Gasteiger partial charge in [-0.3, -0.25) is 4.79 Å². The zero-order valence-corrected chi connectivity index (χ0v) is 10.8. The Hall–Kier alpha value is -1.81. The summed E-state index contributed by atoms with van der Waals surface area (Å²) in [5.41, 5.74) is 1.80. The summed E-state index contributed by atoms with van der Waals surface area (Å²) in [6.45, 7) is 1.97. The third kappa shape index (κ3) is 2.79. The molecule has 0 atom stereocenters. The van der Waals surface area contributed by atoms with Crippen molar-refractivity contribution < 1.29 is 9.21 Å². The van der Waals surface area contributed by atoms with E-state index in [-0.39, 0.29) is 5.91 Å². The van der Waals surface area contributed by atoms with E-state index in [0.717, 1.165) is 42.5 Å². The van der Waals surface area contributed by atoms with Gasteiger partial charge in [-0.05, 0) is 32.0 Å². The highest BCUT2D eigenvalue weighted by Crippen LogP contribution is 2.21. The Morgan fingerprint density at radius 2 is 2.11 bits per heavy atom. The number of para-hydroxylation sites is 1. The third-order valence-electron chi connectivity index (χ3n) is 3.62. The van der Waals surface area contributed by atoms with E-state index in [1.54, 1.807) is 6.26 Å².